The number of pyridine rings is 1. The zero-order chi connectivity index (χ0) is 24.5. The van der Waals surface area contributed by atoms with Crippen molar-refractivity contribution in [3.8, 4) is 0 Å². The van der Waals surface area contributed by atoms with Crippen LogP contribution in [0.3, 0.4) is 0 Å². The van der Waals surface area contributed by atoms with E-state index in [1.54, 1.807) is 0 Å². The fourth-order valence-electron chi connectivity index (χ4n) is 5.73. The number of nitrogens with one attached hydrogen (secondary N) is 1. The quantitative estimate of drug-likeness (QED) is 0.593. The zero-order valence-corrected chi connectivity index (χ0v) is 21.3. The highest BCUT2D eigenvalue weighted by molar-refractivity contribution is 6.12. The molecule has 6 nitrogen and oxygen atoms in total. The second-order valence-corrected chi connectivity index (χ2v) is 11.0. The highest BCUT2D eigenvalue weighted by Gasteiger charge is 2.32. The summed E-state index contributed by atoms with van der Waals surface area (Å²) in [5, 5.41) is 2.80. The lowest BCUT2D eigenvalue weighted by molar-refractivity contribution is -0.117. The molecule has 186 valence electrons. The van der Waals surface area contributed by atoms with E-state index in [9.17, 15) is 9.59 Å². The largest absolute Gasteiger partial charge is 0.310 e. The number of aryl methyl sites for hydroxylation is 2. The first-order valence-electron chi connectivity index (χ1n) is 13.3. The van der Waals surface area contributed by atoms with Crippen molar-refractivity contribution in [2.45, 2.75) is 84.3 Å². The summed E-state index contributed by atoms with van der Waals surface area (Å²) in [7, 11) is 0. The lowest BCUT2D eigenvalue weighted by Gasteiger charge is -2.29. The summed E-state index contributed by atoms with van der Waals surface area (Å²) in [6, 6.07) is 11.0. The van der Waals surface area contributed by atoms with E-state index in [0.29, 0.717) is 30.3 Å². The summed E-state index contributed by atoms with van der Waals surface area (Å²) in [4.78, 5) is 31.7. The summed E-state index contributed by atoms with van der Waals surface area (Å²) in [5.41, 5.74) is 5.78. The van der Waals surface area contributed by atoms with Gasteiger partial charge in [0.1, 0.15) is 12.4 Å². The Balaban J connectivity index is 1.38. The van der Waals surface area contributed by atoms with E-state index in [1.165, 1.54) is 48.9 Å². The average molecular weight is 475 g/mol. The van der Waals surface area contributed by atoms with Gasteiger partial charge in [0.25, 0.3) is 5.56 Å². The number of hydrogen-bond donors (Lipinski definition) is 1. The van der Waals surface area contributed by atoms with E-state index in [-0.39, 0.29) is 18.0 Å². The second kappa shape index (κ2) is 10.1. The van der Waals surface area contributed by atoms with Gasteiger partial charge in [0.15, 0.2) is 0 Å². The molecule has 1 aromatic carbocycles. The van der Waals surface area contributed by atoms with Crippen molar-refractivity contribution in [3.05, 3.63) is 68.6 Å². The number of nitrogens with zero attached hydrogens (tertiary/aromatic N) is 3. The number of rotatable bonds is 9. The number of carbonyl (C=O) groups excluding carboxylic acids is 1. The highest BCUT2D eigenvalue weighted by Crippen LogP contribution is 2.42. The first-order chi connectivity index (χ1) is 16.9. The summed E-state index contributed by atoms with van der Waals surface area (Å²) in [5.74, 6) is 1.89. The normalized spacial score (nSPS) is 20.5. The predicted octanol–water partition coefficient (Wildman–Crippen LogP) is 4.16. The number of carbonyl (C=O) groups is 1. The molecule has 2 fully saturated rings. The Labute approximate surface area is 208 Å². The van der Waals surface area contributed by atoms with Crippen molar-refractivity contribution < 1.29 is 4.79 Å². The molecule has 1 aromatic heterocycles. The molecule has 1 atom stereocenters. The highest BCUT2D eigenvalue weighted by atomic mass is 16.2. The fraction of sp³-hybridized carbons (Fsp3) is 0.552. The van der Waals surface area contributed by atoms with Crippen molar-refractivity contribution in [2.75, 3.05) is 13.1 Å². The van der Waals surface area contributed by atoms with E-state index in [4.69, 9.17) is 0 Å². The third-order valence-corrected chi connectivity index (χ3v) is 7.72. The SMILES string of the molecule is Cc1cc(C2CC2)c(CN2CCC[C@@H]2CC(C)C)n(CCc2ccc(C3=NCC(=O)N3)cc2)c1=O. The van der Waals surface area contributed by atoms with Crippen LogP contribution < -0.4 is 10.9 Å². The number of hydrogen-bond acceptors (Lipinski definition) is 4. The molecule has 1 amide bonds. The second-order valence-electron chi connectivity index (χ2n) is 11.0. The fourth-order valence-corrected chi connectivity index (χ4v) is 5.73. The van der Waals surface area contributed by atoms with Gasteiger partial charge in [-0.05, 0) is 81.0 Å². The first kappa shape index (κ1) is 24.0. The first-order valence-corrected chi connectivity index (χ1v) is 13.3. The predicted molar refractivity (Wildman–Crippen MR) is 140 cm³/mol. The topological polar surface area (TPSA) is 66.7 Å². The third kappa shape index (κ3) is 5.43. The molecule has 5 rings (SSSR count). The third-order valence-electron chi connectivity index (χ3n) is 7.72. The minimum absolute atomic E-state index is 0.0597. The Bertz CT molecular complexity index is 1170. The van der Waals surface area contributed by atoms with E-state index < -0.39 is 0 Å². The summed E-state index contributed by atoms with van der Waals surface area (Å²) < 4.78 is 2.09. The molecule has 2 aliphatic heterocycles. The Kier molecular flexibility index (Phi) is 6.92. The van der Waals surface area contributed by atoms with Gasteiger partial charge in [0.05, 0.1) is 0 Å². The van der Waals surface area contributed by atoms with Crippen molar-refractivity contribution in [2.24, 2.45) is 10.9 Å². The molecule has 0 bridgehead atoms. The van der Waals surface area contributed by atoms with Gasteiger partial charge in [-0.2, -0.15) is 0 Å². The lowest BCUT2D eigenvalue weighted by atomic mass is 10.0. The molecule has 3 heterocycles. The standard InChI is InChI=1S/C29H38N4O2/c1-19(2)15-24-5-4-13-32(24)18-26-25(22-10-11-22)16-20(3)29(35)33(26)14-12-21-6-8-23(9-7-21)28-30-17-27(34)31-28/h6-9,16,19,22,24H,4-5,10-15,17-18H2,1-3H3,(H,30,31,34)/t24-/m1/s1. The molecule has 2 aromatic rings. The van der Waals surface area contributed by atoms with Crippen LogP contribution in [0, 0.1) is 12.8 Å². The number of likely N-dealkylation sites (tertiary alicyclic amines) is 1. The molecule has 0 spiro atoms. The minimum Gasteiger partial charge on any atom is -0.310 e. The molecule has 0 radical (unpaired) electrons. The van der Waals surface area contributed by atoms with Gasteiger partial charge < -0.3 is 9.88 Å². The van der Waals surface area contributed by atoms with Crippen LogP contribution in [0.5, 0.6) is 0 Å². The van der Waals surface area contributed by atoms with Crippen molar-refractivity contribution >= 4 is 11.7 Å². The summed E-state index contributed by atoms with van der Waals surface area (Å²) >= 11 is 0. The van der Waals surface area contributed by atoms with Crippen LogP contribution in [0.2, 0.25) is 0 Å². The Morgan fingerprint density at radius 3 is 2.54 bits per heavy atom. The molecule has 1 saturated heterocycles. The van der Waals surface area contributed by atoms with Gasteiger partial charge in [-0.15, -0.1) is 0 Å². The van der Waals surface area contributed by atoms with Crippen molar-refractivity contribution in [1.82, 2.24) is 14.8 Å². The maximum absolute atomic E-state index is 13.4. The maximum atomic E-state index is 13.4. The molecular weight excluding hydrogens is 436 g/mol. The van der Waals surface area contributed by atoms with Gasteiger partial charge in [-0.25, -0.2) is 0 Å². The Morgan fingerprint density at radius 2 is 1.89 bits per heavy atom. The molecule has 3 aliphatic rings. The Morgan fingerprint density at radius 1 is 1.11 bits per heavy atom. The zero-order valence-electron chi connectivity index (χ0n) is 21.3. The van der Waals surface area contributed by atoms with Crippen LogP contribution in [0.1, 0.15) is 79.8 Å². The number of amidine groups is 1. The van der Waals surface area contributed by atoms with E-state index in [1.807, 2.05) is 19.1 Å². The number of aromatic nitrogens is 1. The monoisotopic (exact) mass is 474 g/mol. The molecule has 1 N–H and O–H groups in total. The summed E-state index contributed by atoms with van der Waals surface area (Å²) in [6.45, 7) is 9.50. The molecule has 1 aliphatic carbocycles. The Hall–Kier alpha value is -2.73. The molecule has 6 heteroatoms. The van der Waals surface area contributed by atoms with Gasteiger partial charge in [-0.1, -0.05) is 38.1 Å². The lowest BCUT2D eigenvalue weighted by Crippen LogP contribution is -2.35. The smallest absolute Gasteiger partial charge is 0.253 e. The summed E-state index contributed by atoms with van der Waals surface area (Å²) in [6.07, 6.45) is 7.03. The molecule has 35 heavy (non-hydrogen) atoms. The van der Waals surface area contributed by atoms with Gasteiger partial charge in [-0.3, -0.25) is 19.5 Å². The maximum Gasteiger partial charge on any atom is 0.253 e. The van der Waals surface area contributed by atoms with Gasteiger partial charge in [0, 0.05) is 36.0 Å². The van der Waals surface area contributed by atoms with E-state index in [0.717, 1.165) is 30.6 Å². The minimum atomic E-state index is -0.0597. The van der Waals surface area contributed by atoms with E-state index >= 15 is 0 Å². The number of benzene rings is 1. The number of amides is 1. The molecule has 1 saturated carbocycles. The van der Waals surface area contributed by atoms with Crippen LogP contribution in [-0.2, 0) is 24.3 Å². The molecular formula is C29H38N4O2. The van der Waals surface area contributed by atoms with Crippen LogP contribution in [0.15, 0.2) is 40.1 Å². The van der Waals surface area contributed by atoms with E-state index in [2.05, 4.69) is 51.8 Å². The van der Waals surface area contributed by atoms with Crippen molar-refractivity contribution in [3.63, 3.8) is 0 Å². The molecule has 0 unspecified atom stereocenters. The average Bonchev–Trinajstić information content (AvgIpc) is 3.45. The number of aliphatic imine (C=N–C) groups is 1. The van der Waals surface area contributed by atoms with Gasteiger partial charge in [0.2, 0.25) is 5.91 Å². The van der Waals surface area contributed by atoms with Crippen LogP contribution in [0.25, 0.3) is 0 Å². The van der Waals surface area contributed by atoms with Crippen LogP contribution in [-0.4, -0.2) is 40.3 Å². The van der Waals surface area contributed by atoms with Crippen LogP contribution >= 0.6 is 0 Å². The van der Waals surface area contributed by atoms with Crippen molar-refractivity contribution in [1.29, 1.82) is 0 Å². The van der Waals surface area contributed by atoms with Crippen LogP contribution in [0.4, 0.5) is 0 Å². The van der Waals surface area contributed by atoms with Gasteiger partial charge >= 0.3 is 0 Å².